The van der Waals surface area contributed by atoms with Gasteiger partial charge < -0.3 is 0 Å². The van der Waals surface area contributed by atoms with Crippen molar-refractivity contribution in [2.75, 3.05) is 0 Å². The maximum absolute atomic E-state index is 2.86. The molecule has 0 amide bonds. The fourth-order valence-electron chi connectivity index (χ4n) is 13.7. The number of fused-ring (bicyclic) bond motifs is 17. The van der Waals surface area contributed by atoms with Crippen LogP contribution in [-0.2, 0) is 0 Å². The Bertz CT molecular complexity index is 4760. The van der Waals surface area contributed by atoms with Gasteiger partial charge >= 0.3 is 0 Å². The highest BCUT2D eigenvalue weighted by molar-refractivity contribution is 7.23. The fraction of sp³-hybridized carbons (Fsp3) is 0. The van der Waals surface area contributed by atoms with E-state index < -0.39 is 8.07 Å². The van der Waals surface area contributed by atoms with E-state index in [-0.39, 0.29) is 0 Å². The molecule has 0 nitrogen and oxygen atoms in total. The van der Waals surface area contributed by atoms with Crippen LogP contribution in [0.3, 0.4) is 0 Å². The van der Waals surface area contributed by atoms with E-state index in [2.05, 4.69) is 279 Å². The Labute approximate surface area is 436 Å². The molecule has 1 heteroatoms. The fourth-order valence-corrected chi connectivity index (χ4v) is 19.1. The molecule has 0 atom stereocenters. The number of hydrogen-bond donors (Lipinski definition) is 0. The quantitative estimate of drug-likeness (QED) is 0.0916. The Kier molecular flexibility index (Phi) is 9.16. The van der Waals surface area contributed by atoms with Crippen LogP contribution in [0.5, 0.6) is 0 Å². The number of benzene rings is 15. The molecule has 75 heavy (non-hydrogen) atoms. The third-order valence-corrected chi connectivity index (χ3v) is 21.8. The molecule has 16 rings (SSSR count). The van der Waals surface area contributed by atoms with Crippen molar-refractivity contribution in [3.05, 3.63) is 279 Å². The van der Waals surface area contributed by atoms with Crippen LogP contribution in [0, 0.1) is 0 Å². The van der Waals surface area contributed by atoms with Gasteiger partial charge in [-0.3, -0.25) is 0 Å². The van der Waals surface area contributed by atoms with Gasteiger partial charge in [-0.2, -0.15) is 0 Å². The second-order valence-corrected chi connectivity index (χ2v) is 24.2. The van der Waals surface area contributed by atoms with E-state index in [0.29, 0.717) is 0 Å². The summed E-state index contributed by atoms with van der Waals surface area (Å²) in [4.78, 5) is 0. The van der Waals surface area contributed by atoms with Crippen LogP contribution in [-0.4, -0.2) is 8.07 Å². The molecule has 1 heterocycles. The van der Waals surface area contributed by atoms with E-state index in [0.717, 1.165) is 0 Å². The van der Waals surface area contributed by atoms with Crippen molar-refractivity contribution in [1.29, 1.82) is 0 Å². The Hall–Kier alpha value is -9.40. The monoisotopic (exact) mass is 962 g/mol. The standard InChI is InChI=1S/C74H46Si/c1-3-19-54(20-4-1)75(55-21-5-2-6-22-55)69-44-43-65-59-25-11-12-26-60(59)68-46-53(39-41-66(68)72(65)73(69)67-42-37-49-18-8-10-24-58(49)74(67)75)71-63-29-15-13-27-61(63)70(62-28-14-16-30-64(62)71)50-34-31-47(32-35-50)51-38-40-57-52(45-51)36-33-48-17-7-9-23-56(48)57/h1-46H. The zero-order chi connectivity index (χ0) is 49.2. The van der Waals surface area contributed by atoms with Gasteiger partial charge in [0, 0.05) is 0 Å². The molecule has 0 unspecified atom stereocenters. The molecule has 0 aliphatic carbocycles. The lowest BCUT2D eigenvalue weighted by Crippen LogP contribution is -2.73. The van der Waals surface area contributed by atoms with Crippen LogP contribution in [0.1, 0.15) is 0 Å². The van der Waals surface area contributed by atoms with Gasteiger partial charge in [0.2, 0.25) is 0 Å². The minimum absolute atomic E-state index is 1.21. The van der Waals surface area contributed by atoms with Crippen molar-refractivity contribution in [3.63, 3.8) is 0 Å². The normalized spacial score (nSPS) is 12.9. The minimum Gasteiger partial charge on any atom is -0.0623 e. The average Bonchev–Trinajstić information content (AvgIpc) is 3.87. The Balaban J connectivity index is 0.922. The maximum atomic E-state index is 2.52. The molecule has 15 aromatic rings. The summed E-state index contributed by atoms with van der Waals surface area (Å²) in [5.41, 5.74) is 10.2. The highest BCUT2D eigenvalue weighted by Gasteiger charge is 2.50. The minimum atomic E-state index is -2.86. The van der Waals surface area contributed by atoms with Crippen molar-refractivity contribution in [2.45, 2.75) is 0 Å². The zero-order valence-electron chi connectivity index (χ0n) is 41.1. The Morgan fingerprint density at radius 2 is 0.640 bits per heavy atom. The molecule has 1 aliphatic heterocycles. The highest BCUT2D eigenvalue weighted by Crippen LogP contribution is 2.48. The lowest BCUT2D eigenvalue weighted by molar-refractivity contribution is 1.63. The summed E-state index contributed by atoms with van der Waals surface area (Å²) in [6.07, 6.45) is 0. The van der Waals surface area contributed by atoms with Crippen LogP contribution in [0.15, 0.2) is 279 Å². The molecular formula is C74H46Si. The first-order valence-electron chi connectivity index (χ1n) is 26.2. The smallest absolute Gasteiger partial charge is 0.0623 e. The molecule has 346 valence electrons. The predicted octanol–water partition coefficient (Wildman–Crippen LogP) is 17.3. The largest absolute Gasteiger partial charge is 0.181 e. The summed E-state index contributed by atoms with van der Waals surface area (Å²) < 4.78 is 0. The van der Waals surface area contributed by atoms with E-state index in [1.807, 2.05) is 0 Å². The molecule has 0 spiro atoms. The predicted molar refractivity (Wildman–Crippen MR) is 325 cm³/mol. The van der Waals surface area contributed by atoms with E-state index in [1.54, 1.807) is 0 Å². The van der Waals surface area contributed by atoms with Crippen molar-refractivity contribution in [1.82, 2.24) is 0 Å². The average molecular weight is 963 g/mol. The highest BCUT2D eigenvalue weighted by atomic mass is 28.3. The van der Waals surface area contributed by atoms with Crippen LogP contribution >= 0.6 is 0 Å². The SMILES string of the molecule is c1ccc([Si]2(c3ccccc3)c3ccc4c5ccccc5c5cc(-c6c7ccccc7c(-c7ccc(-c8ccc9c(ccc%10ccccc%109)c8)cc7)c7ccccc67)ccc5c4c3-c3ccc4ccccc4c32)cc1. The summed E-state index contributed by atoms with van der Waals surface area (Å²) in [5.74, 6) is 0. The summed E-state index contributed by atoms with van der Waals surface area (Å²) in [6.45, 7) is 0. The van der Waals surface area contributed by atoms with Gasteiger partial charge in [-0.25, -0.2) is 0 Å². The number of hydrogen-bond acceptors (Lipinski definition) is 0. The second-order valence-electron chi connectivity index (χ2n) is 20.5. The van der Waals surface area contributed by atoms with Gasteiger partial charge in [-0.15, -0.1) is 0 Å². The molecule has 0 N–H and O–H groups in total. The lowest BCUT2D eigenvalue weighted by Gasteiger charge is -2.32. The Morgan fingerprint density at radius 1 is 0.213 bits per heavy atom. The first-order valence-corrected chi connectivity index (χ1v) is 28.2. The van der Waals surface area contributed by atoms with E-state index in [1.165, 1.54) is 151 Å². The molecule has 0 radical (unpaired) electrons. The van der Waals surface area contributed by atoms with E-state index in [4.69, 9.17) is 0 Å². The first-order chi connectivity index (χ1) is 37.2. The number of rotatable bonds is 5. The van der Waals surface area contributed by atoms with Gasteiger partial charge in [0.15, 0.2) is 8.07 Å². The second kappa shape index (κ2) is 16.3. The van der Waals surface area contributed by atoms with Gasteiger partial charge in [-0.1, -0.05) is 267 Å². The van der Waals surface area contributed by atoms with Gasteiger partial charge in [-0.05, 0) is 164 Å². The summed E-state index contributed by atoms with van der Waals surface area (Å²) in [6, 6.07) is 106. The zero-order valence-corrected chi connectivity index (χ0v) is 42.1. The van der Waals surface area contributed by atoms with Crippen molar-refractivity contribution in [2.24, 2.45) is 0 Å². The van der Waals surface area contributed by atoms with Gasteiger partial charge in [0.1, 0.15) is 0 Å². The molecule has 15 aromatic carbocycles. The van der Waals surface area contributed by atoms with Crippen LogP contribution < -0.4 is 20.7 Å². The van der Waals surface area contributed by atoms with E-state index in [9.17, 15) is 0 Å². The third-order valence-electron chi connectivity index (χ3n) is 16.9. The molecule has 0 aromatic heterocycles. The maximum Gasteiger partial charge on any atom is 0.181 e. The van der Waals surface area contributed by atoms with Crippen molar-refractivity contribution in [3.8, 4) is 44.5 Å². The molecule has 0 fully saturated rings. The molecule has 0 bridgehead atoms. The first kappa shape index (κ1) is 42.1. The van der Waals surface area contributed by atoms with Crippen molar-refractivity contribution >= 4 is 115 Å². The lowest BCUT2D eigenvalue weighted by atomic mass is 9.84. The molecule has 1 aliphatic rings. The van der Waals surface area contributed by atoms with Gasteiger partial charge in [0.25, 0.3) is 0 Å². The van der Waals surface area contributed by atoms with Crippen molar-refractivity contribution < 1.29 is 0 Å². The summed E-state index contributed by atoms with van der Waals surface area (Å²) >= 11 is 0. The van der Waals surface area contributed by atoms with Crippen LogP contribution in [0.4, 0.5) is 0 Å². The summed E-state index contributed by atoms with van der Waals surface area (Å²) in [5, 5.41) is 26.3. The Morgan fingerprint density at radius 3 is 1.29 bits per heavy atom. The van der Waals surface area contributed by atoms with Crippen LogP contribution in [0.2, 0.25) is 0 Å². The topological polar surface area (TPSA) is 0 Å². The molecular weight excluding hydrogens is 917 g/mol. The van der Waals surface area contributed by atoms with Gasteiger partial charge in [0.05, 0.1) is 0 Å². The van der Waals surface area contributed by atoms with E-state index >= 15 is 0 Å². The molecule has 0 saturated carbocycles. The third kappa shape index (κ3) is 6.05. The van der Waals surface area contributed by atoms with Crippen LogP contribution in [0.25, 0.3) is 131 Å². The molecule has 0 saturated heterocycles. The summed E-state index contributed by atoms with van der Waals surface area (Å²) in [7, 11) is -2.86.